The van der Waals surface area contributed by atoms with E-state index in [1.54, 1.807) is 0 Å². The number of ether oxygens (including phenoxy) is 1. The molecule has 0 saturated heterocycles. The van der Waals surface area contributed by atoms with Gasteiger partial charge in [0.2, 0.25) is 0 Å². The zero-order chi connectivity index (χ0) is 15.4. The quantitative estimate of drug-likeness (QED) is 0.665. The van der Waals surface area contributed by atoms with E-state index >= 15 is 0 Å². The van der Waals surface area contributed by atoms with Crippen LogP contribution in [0.2, 0.25) is 5.02 Å². The predicted octanol–water partition coefficient (Wildman–Crippen LogP) is 5.57. The second-order valence-corrected chi connectivity index (χ2v) is 6.74. The molecule has 112 valence electrons. The Balaban J connectivity index is 2.55. The van der Waals surface area contributed by atoms with E-state index in [-0.39, 0.29) is 6.04 Å². The molecule has 0 fully saturated rings. The molecule has 0 aliphatic rings. The number of nitrogens with one attached hydrogen (secondary N) is 1. The highest BCUT2D eigenvalue weighted by molar-refractivity contribution is 9.10. The molecular formula is C16H16Br2ClNO. The van der Waals surface area contributed by atoms with Crippen LogP contribution in [0.25, 0.3) is 0 Å². The second kappa shape index (κ2) is 7.63. The fraction of sp³-hybridized carbons (Fsp3) is 0.250. The minimum atomic E-state index is -0.0472. The van der Waals surface area contributed by atoms with E-state index in [2.05, 4.69) is 43.2 Å². The molecule has 0 heterocycles. The Hall–Kier alpha value is -0.550. The Morgan fingerprint density at radius 3 is 2.33 bits per heavy atom. The minimum absolute atomic E-state index is 0.0472. The monoisotopic (exact) mass is 431 g/mol. The van der Waals surface area contributed by atoms with Crippen molar-refractivity contribution >= 4 is 43.5 Å². The maximum absolute atomic E-state index is 6.38. The fourth-order valence-corrected chi connectivity index (χ4v) is 3.23. The van der Waals surface area contributed by atoms with Gasteiger partial charge in [-0.05, 0) is 55.9 Å². The molecule has 0 aliphatic heterocycles. The van der Waals surface area contributed by atoms with Crippen LogP contribution in [0.15, 0.2) is 45.3 Å². The zero-order valence-corrected chi connectivity index (χ0v) is 15.7. The summed E-state index contributed by atoms with van der Waals surface area (Å²) >= 11 is 13.4. The first-order valence-electron chi connectivity index (χ1n) is 6.61. The van der Waals surface area contributed by atoms with Gasteiger partial charge < -0.3 is 10.1 Å². The van der Waals surface area contributed by atoms with Crippen molar-refractivity contribution in [3.05, 3.63) is 61.5 Å². The van der Waals surface area contributed by atoms with E-state index in [0.717, 1.165) is 30.8 Å². The Morgan fingerprint density at radius 1 is 1.10 bits per heavy atom. The lowest BCUT2D eigenvalue weighted by Crippen LogP contribution is -2.19. The molecule has 1 unspecified atom stereocenters. The summed E-state index contributed by atoms with van der Waals surface area (Å²) in [6.45, 7) is 2.60. The first-order valence-corrected chi connectivity index (χ1v) is 8.57. The Kier molecular flexibility index (Phi) is 6.11. The van der Waals surface area contributed by atoms with Crippen molar-refractivity contribution in [2.24, 2.45) is 0 Å². The largest absolute Gasteiger partial charge is 0.494 e. The van der Waals surface area contributed by atoms with Crippen molar-refractivity contribution in [2.45, 2.75) is 13.0 Å². The van der Waals surface area contributed by atoms with Gasteiger partial charge in [-0.1, -0.05) is 43.5 Å². The SMILES string of the molecule is CCOc1ccc(Br)cc1C(NC)c1cc(Br)ccc1Cl. The number of rotatable bonds is 5. The van der Waals surface area contributed by atoms with E-state index in [0.29, 0.717) is 6.61 Å². The topological polar surface area (TPSA) is 21.3 Å². The highest BCUT2D eigenvalue weighted by Crippen LogP contribution is 2.36. The van der Waals surface area contributed by atoms with Gasteiger partial charge in [-0.15, -0.1) is 0 Å². The number of hydrogen-bond acceptors (Lipinski definition) is 2. The molecule has 5 heteroatoms. The van der Waals surface area contributed by atoms with Crippen LogP contribution < -0.4 is 10.1 Å². The van der Waals surface area contributed by atoms with Gasteiger partial charge in [-0.3, -0.25) is 0 Å². The average molecular weight is 434 g/mol. The third-order valence-corrected chi connectivity index (χ3v) is 4.47. The molecule has 2 aromatic carbocycles. The summed E-state index contributed by atoms with van der Waals surface area (Å²) in [6.07, 6.45) is 0. The lowest BCUT2D eigenvalue weighted by atomic mass is 9.98. The maximum Gasteiger partial charge on any atom is 0.124 e. The summed E-state index contributed by atoms with van der Waals surface area (Å²) in [5, 5.41) is 4.04. The molecule has 1 N–H and O–H groups in total. The van der Waals surface area contributed by atoms with Gasteiger partial charge in [0.25, 0.3) is 0 Å². The predicted molar refractivity (Wildman–Crippen MR) is 95.4 cm³/mol. The molecule has 0 saturated carbocycles. The van der Waals surface area contributed by atoms with Gasteiger partial charge in [-0.25, -0.2) is 0 Å². The Labute approximate surface area is 147 Å². The fourth-order valence-electron chi connectivity index (χ4n) is 2.25. The van der Waals surface area contributed by atoms with Gasteiger partial charge in [0, 0.05) is 19.5 Å². The van der Waals surface area contributed by atoms with E-state index < -0.39 is 0 Å². The van der Waals surface area contributed by atoms with Crippen LogP contribution in [0.5, 0.6) is 5.75 Å². The first-order chi connectivity index (χ1) is 10.1. The third-order valence-electron chi connectivity index (χ3n) is 3.14. The molecule has 1 atom stereocenters. The summed E-state index contributed by atoms with van der Waals surface area (Å²) in [5.41, 5.74) is 2.06. The normalized spacial score (nSPS) is 12.2. The molecule has 0 amide bonds. The first kappa shape index (κ1) is 16.8. The smallest absolute Gasteiger partial charge is 0.124 e. The van der Waals surface area contributed by atoms with Crippen molar-refractivity contribution in [1.29, 1.82) is 0 Å². The maximum atomic E-state index is 6.38. The van der Waals surface area contributed by atoms with Gasteiger partial charge in [-0.2, -0.15) is 0 Å². The van der Waals surface area contributed by atoms with Gasteiger partial charge >= 0.3 is 0 Å². The van der Waals surface area contributed by atoms with E-state index in [1.165, 1.54) is 0 Å². The molecule has 21 heavy (non-hydrogen) atoms. The summed E-state index contributed by atoms with van der Waals surface area (Å²) < 4.78 is 7.75. The van der Waals surface area contributed by atoms with Crippen LogP contribution in [0, 0.1) is 0 Å². The Morgan fingerprint density at radius 2 is 1.71 bits per heavy atom. The number of halogens is 3. The summed E-state index contributed by atoms with van der Waals surface area (Å²) in [7, 11) is 1.92. The molecule has 0 spiro atoms. The van der Waals surface area contributed by atoms with Crippen molar-refractivity contribution in [3.8, 4) is 5.75 Å². The van der Waals surface area contributed by atoms with Crippen LogP contribution in [0.3, 0.4) is 0 Å². The molecule has 2 aromatic rings. The third kappa shape index (κ3) is 4.01. The highest BCUT2D eigenvalue weighted by atomic mass is 79.9. The van der Waals surface area contributed by atoms with Crippen LogP contribution in [-0.2, 0) is 0 Å². The number of hydrogen-bond donors (Lipinski definition) is 1. The van der Waals surface area contributed by atoms with Crippen molar-refractivity contribution < 1.29 is 4.74 Å². The summed E-state index contributed by atoms with van der Waals surface area (Å²) in [4.78, 5) is 0. The molecule has 0 aliphatic carbocycles. The summed E-state index contributed by atoms with van der Waals surface area (Å²) in [5.74, 6) is 0.857. The van der Waals surface area contributed by atoms with E-state index in [9.17, 15) is 0 Å². The summed E-state index contributed by atoms with van der Waals surface area (Å²) in [6, 6.07) is 11.8. The number of benzene rings is 2. The van der Waals surface area contributed by atoms with Crippen LogP contribution in [0.4, 0.5) is 0 Å². The molecule has 0 bridgehead atoms. The lowest BCUT2D eigenvalue weighted by Gasteiger charge is -2.22. The minimum Gasteiger partial charge on any atom is -0.494 e. The highest BCUT2D eigenvalue weighted by Gasteiger charge is 2.20. The standard InChI is InChI=1S/C16H16Br2ClNO/c1-3-21-15-7-5-11(18)9-13(15)16(20-2)12-8-10(17)4-6-14(12)19/h4-9,16,20H,3H2,1-2H3. The molecular weight excluding hydrogens is 417 g/mol. The van der Waals surface area contributed by atoms with Crippen molar-refractivity contribution in [2.75, 3.05) is 13.7 Å². The average Bonchev–Trinajstić information content (AvgIpc) is 2.46. The van der Waals surface area contributed by atoms with Crippen molar-refractivity contribution in [3.63, 3.8) is 0 Å². The van der Waals surface area contributed by atoms with Gasteiger partial charge in [0.05, 0.1) is 12.6 Å². The molecule has 0 radical (unpaired) electrons. The molecule has 2 rings (SSSR count). The van der Waals surface area contributed by atoms with Crippen LogP contribution in [0.1, 0.15) is 24.1 Å². The van der Waals surface area contributed by atoms with Gasteiger partial charge in [0.1, 0.15) is 5.75 Å². The van der Waals surface area contributed by atoms with Gasteiger partial charge in [0.15, 0.2) is 0 Å². The second-order valence-electron chi connectivity index (χ2n) is 4.50. The van der Waals surface area contributed by atoms with Crippen LogP contribution in [-0.4, -0.2) is 13.7 Å². The lowest BCUT2D eigenvalue weighted by molar-refractivity contribution is 0.334. The van der Waals surface area contributed by atoms with E-state index in [4.69, 9.17) is 16.3 Å². The van der Waals surface area contributed by atoms with Crippen LogP contribution >= 0.6 is 43.5 Å². The molecule has 0 aromatic heterocycles. The Bertz CT molecular complexity index is 634. The van der Waals surface area contributed by atoms with Crippen molar-refractivity contribution in [1.82, 2.24) is 5.32 Å². The molecule has 2 nitrogen and oxygen atoms in total. The zero-order valence-electron chi connectivity index (χ0n) is 11.8. The van der Waals surface area contributed by atoms with E-state index in [1.807, 2.05) is 44.3 Å².